The highest BCUT2D eigenvalue weighted by atomic mass is 19.1. The van der Waals surface area contributed by atoms with Gasteiger partial charge in [0.25, 0.3) is 0 Å². The van der Waals surface area contributed by atoms with Crippen LogP contribution in [0.4, 0.5) is 4.39 Å². The van der Waals surface area contributed by atoms with E-state index in [1.807, 2.05) is 6.07 Å². The smallest absolute Gasteiger partial charge is 0.340 e. The number of hydrogen-bond donors (Lipinski definition) is 1. The molecule has 0 aliphatic rings. The highest BCUT2D eigenvalue weighted by Gasteiger charge is 2.17. The van der Waals surface area contributed by atoms with Gasteiger partial charge in [0, 0.05) is 0 Å². The van der Waals surface area contributed by atoms with Crippen molar-refractivity contribution in [3.8, 4) is 11.6 Å². The zero-order chi connectivity index (χ0) is 15.3. The molecule has 108 valence electrons. The summed E-state index contributed by atoms with van der Waals surface area (Å²) in [4.78, 5) is 16.9. The van der Waals surface area contributed by atoms with Gasteiger partial charge in [-0.2, -0.15) is 0 Å². The number of benzene rings is 2. The molecule has 0 fully saturated rings. The molecule has 0 atom stereocenters. The molecule has 5 nitrogen and oxygen atoms in total. The number of rotatable bonds is 1. The van der Waals surface area contributed by atoms with Gasteiger partial charge in [-0.1, -0.05) is 18.2 Å². The van der Waals surface area contributed by atoms with E-state index in [4.69, 9.17) is 0 Å². The molecule has 0 unspecified atom stereocenters. The third kappa shape index (κ3) is 1.64. The normalized spacial score (nSPS) is 11.3. The van der Waals surface area contributed by atoms with Crippen LogP contribution in [0.15, 0.2) is 59.5 Å². The minimum atomic E-state index is -0.484. The third-order valence-electron chi connectivity index (χ3n) is 3.58. The Kier molecular flexibility index (Phi) is 2.53. The van der Waals surface area contributed by atoms with Gasteiger partial charge in [-0.15, -0.1) is 0 Å². The Labute approximate surface area is 123 Å². The van der Waals surface area contributed by atoms with Crippen LogP contribution in [0.5, 0.6) is 5.88 Å². The quantitative estimate of drug-likeness (QED) is 0.587. The fourth-order valence-corrected chi connectivity index (χ4v) is 2.60. The van der Waals surface area contributed by atoms with Gasteiger partial charge in [0.2, 0.25) is 5.88 Å². The van der Waals surface area contributed by atoms with Crippen LogP contribution in [0.25, 0.3) is 22.2 Å². The third-order valence-corrected chi connectivity index (χ3v) is 3.58. The minimum absolute atomic E-state index is 0.260. The summed E-state index contributed by atoms with van der Waals surface area (Å²) in [6, 6.07) is 12.6. The largest absolute Gasteiger partial charge is 0.493 e. The number of para-hydroxylation sites is 2. The summed E-state index contributed by atoms with van der Waals surface area (Å²) < 4.78 is 15.8. The van der Waals surface area contributed by atoms with Gasteiger partial charge < -0.3 is 5.11 Å². The second-order valence-corrected chi connectivity index (χ2v) is 4.89. The predicted octanol–water partition coefficient (Wildman–Crippen LogP) is 2.48. The molecule has 0 bridgehead atoms. The van der Waals surface area contributed by atoms with Crippen LogP contribution in [0.2, 0.25) is 0 Å². The van der Waals surface area contributed by atoms with Gasteiger partial charge in [-0.05, 0) is 30.3 Å². The van der Waals surface area contributed by atoms with Crippen LogP contribution in [-0.2, 0) is 0 Å². The van der Waals surface area contributed by atoms with Gasteiger partial charge in [0.15, 0.2) is 0 Å². The number of halogens is 1. The molecule has 2 aromatic heterocycles. The van der Waals surface area contributed by atoms with Crippen molar-refractivity contribution in [3.63, 3.8) is 0 Å². The minimum Gasteiger partial charge on any atom is -0.493 e. The standard InChI is InChI=1S/C16H10FN3O2/c17-10-4-3-5-11(8-10)19-15(21)14-9-18-12-6-1-2-7-13(12)20(14)16(19)22/h1-9,21H. The van der Waals surface area contributed by atoms with Crippen LogP contribution in [0.3, 0.4) is 0 Å². The summed E-state index contributed by atoms with van der Waals surface area (Å²) in [6.07, 6.45) is 1.43. The Hall–Kier alpha value is -3.15. The number of imidazole rings is 1. The van der Waals surface area contributed by atoms with E-state index in [1.165, 1.54) is 28.8 Å². The summed E-state index contributed by atoms with van der Waals surface area (Å²) in [7, 11) is 0. The molecular formula is C16H10FN3O2. The van der Waals surface area contributed by atoms with E-state index in [-0.39, 0.29) is 17.1 Å². The maximum atomic E-state index is 13.4. The van der Waals surface area contributed by atoms with Gasteiger partial charge in [-0.25, -0.2) is 13.8 Å². The number of aromatic nitrogens is 3. The van der Waals surface area contributed by atoms with Gasteiger partial charge in [0.05, 0.1) is 22.9 Å². The molecule has 4 rings (SSSR count). The Morgan fingerprint density at radius 2 is 1.86 bits per heavy atom. The van der Waals surface area contributed by atoms with E-state index in [0.29, 0.717) is 11.0 Å². The lowest BCUT2D eigenvalue weighted by atomic mass is 10.3. The van der Waals surface area contributed by atoms with Crippen molar-refractivity contribution in [2.75, 3.05) is 0 Å². The number of nitrogens with zero attached hydrogens (tertiary/aromatic N) is 3. The number of hydrogen-bond acceptors (Lipinski definition) is 3. The summed E-state index contributed by atoms with van der Waals surface area (Å²) in [5.74, 6) is -0.754. The maximum absolute atomic E-state index is 13.4. The Morgan fingerprint density at radius 1 is 1.05 bits per heavy atom. The van der Waals surface area contributed by atoms with E-state index in [9.17, 15) is 14.3 Å². The van der Waals surface area contributed by atoms with Crippen LogP contribution >= 0.6 is 0 Å². The summed E-state index contributed by atoms with van der Waals surface area (Å²) in [5.41, 5.74) is 1.27. The molecule has 0 amide bonds. The Morgan fingerprint density at radius 3 is 2.68 bits per heavy atom. The SMILES string of the molecule is O=c1n(-c2cccc(F)c2)c(O)c2cnc3ccccc3n12. The summed E-state index contributed by atoms with van der Waals surface area (Å²) in [5, 5.41) is 10.4. The van der Waals surface area contributed by atoms with Crippen molar-refractivity contribution in [3.05, 3.63) is 71.0 Å². The zero-order valence-electron chi connectivity index (χ0n) is 11.3. The van der Waals surface area contributed by atoms with Crippen molar-refractivity contribution >= 4 is 16.6 Å². The first-order valence-electron chi connectivity index (χ1n) is 6.63. The lowest BCUT2D eigenvalue weighted by Crippen LogP contribution is -2.19. The van der Waals surface area contributed by atoms with Crippen molar-refractivity contribution in [2.45, 2.75) is 0 Å². The monoisotopic (exact) mass is 295 g/mol. The fraction of sp³-hybridized carbons (Fsp3) is 0. The molecule has 1 N–H and O–H groups in total. The summed E-state index contributed by atoms with van der Waals surface area (Å²) >= 11 is 0. The molecule has 0 radical (unpaired) electrons. The second-order valence-electron chi connectivity index (χ2n) is 4.89. The van der Waals surface area contributed by atoms with E-state index >= 15 is 0 Å². The predicted molar refractivity (Wildman–Crippen MR) is 79.9 cm³/mol. The van der Waals surface area contributed by atoms with Crippen molar-refractivity contribution in [2.24, 2.45) is 0 Å². The molecule has 0 aliphatic heterocycles. The van der Waals surface area contributed by atoms with Crippen LogP contribution < -0.4 is 5.69 Å². The maximum Gasteiger partial charge on any atom is 0.340 e. The summed E-state index contributed by atoms with van der Waals surface area (Å²) in [6.45, 7) is 0. The lowest BCUT2D eigenvalue weighted by molar-refractivity contribution is 0.446. The highest BCUT2D eigenvalue weighted by Crippen LogP contribution is 2.24. The average molecular weight is 295 g/mol. The van der Waals surface area contributed by atoms with E-state index < -0.39 is 11.5 Å². The van der Waals surface area contributed by atoms with Gasteiger partial charge in [0.1, 0.15) is 11.3 Å². The number of fused-ring (bicyclic) bond motifs is 3. The molecule has 0 saturated heterocycles. The molecule has 0 aliphatic carbocycles. The van der Waals surface area contributed by atoms with E-state index in [2.05, 4.69) is 4.98 Å². The first kappa shape index (κ1) is 12.6. The van der Waals surface area contributed by atoms with Crippen molar-refractivity contribution in [1.29, 1.82) is 0 Å². The van der Waals surface area contributed by atoms with Crippen molar-refractivity contribution in [1.82, 2.24) is 14.0 Å². The number of aromatic hydroxyl groups is 1. The van der Waals surface area contributed by atoms with Crippen molar-refractivity contribution < 1.29 is 9.50 Å². The first-order chi connectivity index (χ1) is 10.7. The molecule has 22 heavy (non-hydrogen) atoms. The lowest BCUT2D eigenvalue weighted by Gasteiger charge is -2.01. The zero-order valence-corrected chi connectivity index (χ0v) is 11.3. The molecule has 2 aromatic carbocycles. The molecule has 4 aromatic rings. The van der Waals surface area contributed by atoms with Gasteiger partial charge >= 0.3 is 5.69 Å². The van der Waals surface area contributed by atoms with Gasteiger partial charge in [-0.3, -0.25) is 9.38 Å². The molecule has 0 spiro atoms. The molecular weight excluding hydrogens is 285 g/mol. The molecule has 6 heteroatoms. The molecule has 0 saturated carbocycles. The van der Waals surface area contributed by atoms with Crippen LogP contribution in [-0.4, -0.2) is 19.1 Å². The van der Waals surface area contributed by atoms with E-state index in [1.54, 1.807) is 24.3 Å². The Bertz CT molecular complexity index is 1080. The topological polar surface area (TPSA) is 59.5 Å². The fourth-order valence-electron chi connectivity index (χ4n) is 2.60. The highest BCUT2D eigenvalue weighted by molar-refractivity contribution is 5.79. The van der Waals surface area contributed by atoms with Crippen LogP contribution in [0.1, 0.15) is 0 Å². The second kappa shape index (κ2) is 4.42. The van der Waals surface area contributed by atoms with Crippen LogP contribution in [0, 0.1) is 5.82 Å². The average Bonchev–Trinajstić information content (AvgIpc) is 2.79. The molecule has 2 heterocycles. The van der Waals surface area contributed by atoms with E-state index in [0.717, 1.165) is 4.57 Å². The first-order valence-corrected chi connectivity index (χ1v) is 6.63. The Balaban J connectivity index is 2.18.